The molecule has 0 saturated heterocycles. The van der Waals surface area contributed by atoms with Crippen LogP contribution in [0.4, 0.5) is 5.82 Å². The van der Waals surface area contributed by atoms with Gasteiger partial charge in [0.2, 0.25) is 0 Å². The summed E-state index contributed by atoms with van der Waals surface area (Å²) >= 11 is 1.52. The maximum Gasteiger partial charge on any atom is 0.274 e. The summed E-state index contributed by atoms with van der Waals surface area (Å²) in [5.74, 6) is 0.242. The van der Waals surface area contributed by atoms with Crippen LogP contribution in [0.2, 0.25) is 0 Å². The summed E-state index contributed by atoms with van der Waals surface area (Å²) in [6.07, 6.45) is 2.19. The Bertz CT molecular complexity index is 704. The first-order chi connectivity index (χ1) is 10.8. The van der Waals surface area contributed by atoms with E-state index in [9.17, 15) is 4.79 Å². The molecule has 2 heterocycles. The van der Waals surface area contributed by atoms with Crippen molar-refractivity contribution in [1.29, 1.82) is 0 Å². The summed E-state index contributed by atoms with van der Waals surface area (Å²) in [6, 6.07) is 15.2. The lowest BCUT2D eigenvalue weighted by Gasteiger charge is -2.07. The van der Waals surface area contributed by atoms with Crippen molar-refractivity contribution in [2.24, 2.45) is 5.16 Å². The quantitative estimate of drug-likeness (QED) is 0.880. The molecule has 1 aromatic heterocycles. The van der Waals surface area contributed by atoms with Crippen molar-refractivity contribution >= 4 is 29.2 Å². The lowest BCUT2D eigenvalue weighted by Crippen LogP contribution is -2.22. The Morgan fingerprint density at radius 3 is 2.82 bits per heavy atom. The Labute approximate surface area is 132 Å². The second-order valence-electron chi connectivity index (χ2n) is 4.77. The first-order valence-corrected chi connectivity index (χ1v) is 8.09. The van der Waals surface area contributed by atoms with Crippen LogP contribution < -0.4 is 5.32 Å². The number of hydrogen-bond donors (Lipinski definition) is 1. The smallest absolute Gasteiger partial charge is 0.274 e. The van der Waals surface area contributed by atoms with Crippen molar-refractivity contribution in [2.75, 3.05) is 11.6 Å². The zero-order chi connectivity index (χ0) is 15.4. The molecule has 2 aromatic rings. The van der Waals surface area contributed by atoms with Gasteiger partial charge in [-0.3, -0.25) is 4.79 Å². The average Bonchev–Trinajstić information content (AvgIpc) is 3.06. The number of carbonyl (C=O) groups is 1. The molecule has 1 unspecified atom stereocenters. The molecular formula is C16H15N3O2S. The second kappa shape index (κ2) is 6.62. The molecular weight excluding hydrogens is 298 g/mol. The van der Waals surface area contributed by atoms with Gasteiger partial charge in [-0.05, 0) is 24.0 Å². The molecule has 3 rings (SSSR count). The normalized spacial score (nSPS) is 16.8. The highest BCUT2D eigenvalue weighted by molar-refractivity contribution is 7.98. The molecule has 0 radical (unpaired) electrons. The molecule has 1 aliphatic heterocycles. The van der Waals surface area contributed by atoms with Gasteiger partial charge in [0.05, 0.1) is 5.03 Å². The molecule has 112 valence electrons. The number of oxime groups is 1. The lowest BCUT2D eigenvalue weighted by molar-refractivity contribution is -0.110. The highest BCUT2D eigenvalue weighted by Crippen LogP contribution is 2.27. The Hall–Kier alpha value is -2.34. The summed E-state index contributed by atoms with van der Waals surface area (Å²) in [5.41, 5.74) is 1.39. The van der Waals surface area contributed by atoms with E-state index in [0.29, 0.717) is 18.0 Å². The fourth-order valence-corrected chi connectivity index (χ4v) is 2.55. The number of aromatic nitrogens is 1. The molecule has 0 fully saturated rings. The summed E-state index contributed by atoms with van der Waals surface area (Å²) in [7, 11) is 0. The van der Waals surface area contributed by atoms with Gasteiger partial charge in [0, 0.05) is 6.42 Å². The molecule has 22 heavy (non-hydrogen) atoms. The average molecular weight is 313 g/mol. The number of nitrogens with one attached hydrogen (secondary N) is 1. The maximum atomic E-state index is 12.2. The summed E-state index contributed by atoms with van der Waals surface area (Å²) in [6.45, 7) is 0. The Kier molecular flexibility index (Phi) is 4.39. The van der Waals surface area contributed by atoms with E-state index < -0.39 is 0 Å². The molecule has 5 nitrogen and oxygen atoms in total. The summed E-state index contributed by atoms with van der Waals surface area (Å²) in [4.78, 5) is 21.9. The van der Waals surface area contributed by atoms with E-state index in [1.165, 1.54) is 11.8 Å². The minimum atomic E-state index is -0.274. The minimum Gasteiger partial charge on any atom is -0.387 e. The number of anilines is 1. The fraction of sp³-hybridized carbons (Fsp3) is 0.188. The summed E-state index contributed by atoms with van der Waals surface area (Å²) in [5, 5.41) is 7.51. The van der Waals surface area contributed by atoms with Crippen LogP contribution in [0.1, 0.15) is 18.1 Å². The molecule has 0 saturated carbocycles. The highest BCUT2D eigenvalue weighted by atomic mass is 32.2. The molecule has 6 heteroatoms. The van der Waals surface area contributed by atoms with Crippen LogP contribution in [0, 0.1) is 0 Å². The number of pyridine rings is 1. The van der Waals surface area contributed by atoms with Crippen molar-refractivity contribution in [3.05, 3.63) is 54.1 Å². The minimum absolute atomic E-state index is 0.201. The van der Waals surface area contributed by atoms with E-state index in [1.54, 1.807) is 6.07 Å². The number of benzene rings is 1. The van der Waals surface area contributed by atoms with Crippen LogP contribution in [0.25, 0.3) is 0 Å². The molecule has 1 aromatic carbocycles. The number of amides is 1. The molecule has 1 aliphatic rings. The number of rotatable bonds is 4. The number of carbonyl (C=O) groups excluding carboxylic acids is 1. The molecule has 0 aliphatic carbocycles. The third kappa shape index (κ3) is 3.28. The number of nitrogens with zero attached hydrogens (tertiary/aromatic N) is 2. The lowest BCUT2D eigenvalue weighted by atomic mass is 10.0. The summed E-state index contributed by atoms with van der Waals surface area (Å²) < 4.78 is 0. The maximum absolute atomic E-state index is 12.2. The highest BCUT2D eigenvalue weighted by Gasteiger charge is 2.27. The Balaban J connectivity index is 1.64. The molecule has 1 atom stereocenters. The van der Waals surface area contributed by atoms with Gasteiger partial charge in [-0.15, -0.1) is 11.8 Å². The van der Waals surface area contributed by atoms with Crippen molar-refractivity contribution in [2.45, 2.75) is 17.6 Å². The van der Waals surface area contributed by atoms with Crippen LogP contribution in [0.3, 0.4) is 0 Å². The van der Waals surface area contributed by atoms with Crippen molar-refractivity contribution in [3.63, 3.8) is 0 Å². The largest absolute Gasteiger partial charge is 0.387 e. The van der Waals surface area contributed by atoms with Crippen LogP contribution >= 0.6 is 11.8 Å². The van der Waals surface area contributed by atoms with Crippen LogP contribution in [-0.4, -0.2) is 22.9 Å². The Morgan fingerprint density at radius 2 is 2.05 bits per heavy atom. The van der Waals surface area contributed by atoms with Crippen LogP contribution in [0.15, 0.2) is 58.7 Å². The topological polar surface area (TPSA) is 63.6 Å². The number of hydrogen-bond acceptors (Lipinski definition) is 5. The van der Waals surface area contributed by atoms with E-state index in [1.807, 2.05) is 48.7 Å². The van der Waals surface area contributed by atoms with Gasteiger partial charge in [0.15, 0.2) is 6.10 Å². The van der Waals surface area contributed by atoms with Gasteiger partial charge in [0.25, 0.3) is 5.91 Å². The van der Waals surface area contributed by atoms with Gasteiger partial charge < -0.3 is 10.2 Å². The van der Waals surface area contributed by atoms with Gasteiger partial charge in [-0.2, -0.15) is 0 Å². The monoisotopic (exact) mass is 313 g/mol. The van der Waals surface area contributed by atoms with Gasteiger partial charge in [-0.1, -0.05) is 41.6 Å². The third-order valence-electron chi connectivity index (χ3n) is 3.28. The second-order valence-corrected chi connectivity index (χ2v) is 5.59. The SMILES string of the molecule is CSc1cccc(NC(=O)C2=NOC(c3ccccc3)C2)n1. The predicted octanol–water partition coefficient (Wildman–Crippen LogP) is 3.26. The third-order valence-corrected chi connectivity index (χ3v) is 3.92. The van der Waals surface area contributed by atoms with Crippen molar-refractivity contribution in [3.8, 4) is 0 Å². The molecule has 1 N–H and O–H groups in total. The molecule has 0 spiro atoms. The van der Waals surface area contributed by atoms with Crippen molar-refractivity contribution < 1.29 is 9.63 Å². The van der Waals surface area contributed by atoms with Gasteiger partial charge in [0.1, 0.15) is 11.5 Å². The first-order valence-electron chi connectivity index (χ1n) is 6.86. The first kappa shape index (κ1) is 14.6. The van der Waals surface area contributed by atoms with Crippen LogP contribution in [0.5, 0.6) is 0 Å². The molecule has 1 amide bonds. The van der Waals surface area contributed by atoms with E-state index in [0.717, 1.165) is 10.6 Å². The van der Waals surface area contributed by atoms with E-state index >= 15 is 0 Å². The zero-order valence-electron chi connectivity index (χ0n) is 12.0. The number of thioether (sulfide) groups is 1. The van der Waals surface area contributed by atoms with E-state index in [-0.39, 0.29) is 12.0 Å². The van der Waals surface area contributed by atoms with Crippen LogP contribution in [-0.2, 0) is 9.63 Å². The molecule has 0 bridgehead atoms. The fourth-order valence-electron chi connectivity index (χ4n) is 2.14. The Morgan fingerprint density at radius 1 is 1.23 bits per heavy atom. The predicted molar refractivity (Wildman–Crippen MR) is 87.0 cm³/mol. The van der Waals surface area contributed by atoms with Gasteiger partial charge >= 0.3 is 0 Å². The van der Waals surface area contributed by atoms with E-state index in [2.05, 4.69) is 15.5 Å². The van der Waals surface area contributed by atoms with Crippen molar-refractivity contribution in [1.82, 2.24) is 4.98 Å². The van der Waals surface area contributed by atoms with Gasteiger partial charge in [-0.25, -0.2) is 4.98 Å². The zero-order valence-corrected chi connectivity index (χ0v) is 12.8. The van der Waals surface area contributed by atoms with E-state index in [4.69, 9.17) is 4.84 Å². The standard InChI is InChI=1S/C16H15N3O2S/c1-22-15-9-5-8-14(17-15)18-16(20)12-10-13(21-19-12)11-6-3-2-4-7-11/h2-9,13H,10H2,1H3,(H,17,18,20).